The normalized spacial score (nSPS) is 18.6. The molecule has 0 bridgehead atoms. The molecular formula is C8H19NO. The van der Waals surface area contributed by atoms with E-state index in [-0.39, 0.29) is 5.54 Å². The van der Waals surface area contributed by atoms with E-state index in [1.54, 1.807) is 7.05 Å². The summed E-state index contributed by atoms with van der Waals surface area (Å²) in [6, 6.07) is 0. The SMILES string of the molecule is CCC(C)C(C)(C)[NH+](C)[O-]. The molecule has 0 aromatic rings. The summed E-state index contributed by atoms with van der Waals surface area (Å²) in [7, 11) is 1.67. The van der Waals surface area contributed by atoms with Crippen LogP contribution in [0.15, 0.2) is 0 Å². The summed E-state index contributed by atoms with van der Waals surface area (Å²) in [6.07, 6.45) is 1.08. The Kier molecular flexibility index (Phi) is 3.33. The maximum atomic E-state index is 11.1. The van der Waals surface area contributed by atoms with Crippen molar-refractivity contribution in [3.05, 3.63) is 5.21 Å². The number of hydrogen-bond acceptors (Lipinski definition) is 1. The first kappa shape index (κ1) is 9.92. The van der Waals surface area contributed by atoms with Crippen molar-refractivity contribution in [3.8, 4) is 0 Å². The van der Waals surface area contributed by atoms with Crippen LogP contribution in [0.2, 0.25) is 0 Å². The van der Waals surface area contributed by atoms with Gasteiger partial charge in [0, 0.05) is 5.92 Å². The van der Waals surface area contributed by atoms with E-state index in [1.807, 2.05) is 13.8 Å². The summed E-state index contributed by atoms with van der Waals surface area (Å²) in [5, 5.41) is 11.4. The van der Waals surface area contributed by atoms with Crippen molar-refractivity contribution < 1.29 is 5.06 Å². The second kappa shape index (κ2) is 3.35. The first-order valence-corrected chi connectivity index (χ1v) is 3.94. The van der Waals surface area contributed by atoms with E-state index >= 15 is 0 Å². The van der Waals surface area contributed by atoms with Crippen LogP contribution in [0.4, 0.5) is 0 Å². The van der Waals surface area contributed by atoms with Crippen molar-refractivity contribution in [2.75, 3.05) is 7.05 Å². The number of hydroxylamine groups is 2. The van der Waals surface area contributed by atoms with Gasteiger partial charge in [-0.3, -0.25) is 0 Å². The minimum atomic E-state index is -0.130. The zero-order valence-electron chi connectivity index (χ0n) is 7.69. The molecular weight excluding hydrogens is 126 g/mol. The maximum Gasteiger partial charge on any atom is 0.0940 e. The minimum absolute atomic E-state index is 0.130. The van der Waals surface area contributed by atoms with Crippen LogP contribution in [0.25, 0.3) is 0 Å². The Hall–Kier alpha value is -0.0800. The van der Waals surface area contributed by atoms with Crippen LogP contribution in [0, 0.1) is 11.1 Å². The molecule has 0 heterocycles. The molecule has 2 unspecified atom stereocenters. The third-order valence-electron chi connectivity index (χ3n) is 2.75. The van der Waals surface area contributed by atoms with Gasteiger partial charge in [-0.05, 0) is 20.3 Å². The molecule has 0 aromatic heterocycles. The molecule has 0 aliphatic rings. The highest BCUT2D eigenvalue weighted by Gasteiger charge is 2.28. The second-order valence-electron chi connectivity index (χ2n) is 3.59. The Morgan fingerprint density at radius 3 is 2.00 bits per heavy atom. The molecule has 10 heavy (non-hydrogen) atoms. The number of rotatable bonds is 3. The van der Waals surface area contributed by atoms with E-state index < -0.39 is 0 Å². The Labute approximate surface area is 63.8 Å². The summed E-state index contributed by atoms with van der Waals surface area (Å²) in [5.74, 6) is 0.491. The zero-order valence-corrected chi connectivity index (χ0v) is 7.69. The van der Waals surface area contributed by atoms with Crippen molar-refractivity contribution in [2.24, 2.45) is 5.92 Å². The first-order valence-electron chi connectivity index (χ1n) is 3.94. The molecule has 2 heteroatoms. The summed E-state index contributed by atoms with van der Waals surface area (Å²) < 4.78 is 0. The van der Waals surface area contributed by atoms with Crippen molar-refractivity contribution in [1.82, 2.24) is 0 Å². The van der Waals surface area contributed by atoms with E-state index in [0.29, 0.717) is 11.0 Å². The van der Waals surface area contributed by atoms with Gasteiger partial charge in [0.2, 0.25) is 0 Å². The Balaban J connectivity index is 4.09. The molecule has 1 N–H and O–H groups in total. The molecule has 2 nitrogen and oxygen atoms in total. The molecule has 0 saturated carbocycles. The van der Waals surface area contributed by atoms with Crippen LogP contribution in [0.1, 0.15) is 34.1 Å². The topological polar surface area (TPSA) is 27.5 Å². The molecule has 0 spiro atoms. The van der Waals surface area contributed by atoms with Crippen molar-refractivity contribution >= 4 is 0 Å². The lowest BCUT2D eigenvalue weighted by Crippen LogP contribution is -3.13. The average Bonchev–Trinajstić information content (AvgIpc) is 1.86. The van der Waals surface area contributed by atoms with Gasteiger partial charge >= 0.3 is 0 Å². The molecule has 62 valence electrons. The molecule has 0 fully saturated rings. The van der Waals surface area contributed by atoms with Crippen LogP contribution in [-0.2, 0) is 0 Å². The quantitative estimate of drug-likeness (QED) is 0.585. The van der Waals surface area contributed by atoms with Crippen molar-refractivity contribution in [1.29, 1.82) is 0 Å². The largest absolute Gasteiger partial charge is 0.634 e. The third-order valence-corrected chi connectivity index (χ3v) is 2.75. The van der Waals surface area contributed by atoms with Gasteiger partial charge in [-0.25, -0.2) is 0 Å². The molecule has 0 rings (SSSR count). The molecule has 0 aliphatic heterocycles. The summed E-state index contributed by atoms with van der Waals surface area (Å²) in [4.78, 5) is 0. The third kappa shape index (κ3) is 1.96. The van der Waals surface area contributed by atoms with Gasteiger partial charge in [-0.2, -0.15) is 0 Å². The van der Waals surface area contributed by atoms with E-state index in [0.717, 1.165) is 6.42 Å². The number of nitrogens with one attached hydrogen (secondary N) is 1. The fourth-order valence-corrected chi connectivity index (χ4v) is 0.857. The highest BCUT2D eigenvalue weighted by molar-refractivity contribution is 4.72. The smallest absolute Gasteiger partial charge is 0.0940 e. The van der Waals surface area contributed by atoms with Crippen LogP contribution in [0.5, 0.6) is 0 Å². The predicted molar refractivity (Wildman–Crippen MR) is 43.8 cm³/mol. The number of hydrogen-bond donors (Lipinski definition) is 1. The minimum Gasteiger partial charge on any atom is -0.634 e. The van der Waals surface area contributed by atoms with Crippen molar-refractivity contribution in [3.63, 3.8) is 0 Å². The summed E-state index contributed by atoms with van der Waals surface area (Å²) >= 11 is 0. The maximum absolute atomic E-state index is 11.1. The molecule has 0 saturated heterocycles. The standard InChI is InChI=1S/C8H19NO/c1-6-7(2)8(3,4)9(5)10/h7,9H,6H2,1-5H3. The van der Waals surface area contributed by atoms with Crippen molar-refractivity contribution in [2.45, 2.75) is 39.7 Å². The lowest BCUT2D eigenvalue weighted by molar-refractivity contribution is -0.886. The first-order chi connectivity index (χ1) is 4.42. The van der Waals surface area contributed by atoms with Gasteiger partial charge in [0.15, 0.2) is 0 Å². The highest BCUT2D eigenvalue weighted by atomic mass is 16.5. The number of quaternary nitrogens is 1. The van der Waals surface area contributed by atoms with E-state index in [4.69, 9.17) is 0 Å². The second-order valence-corrected chi connectivity index (χ2v) is 3.59. The van der Waals surface area contributed by atoms with Gasteiger partial charge in [0.1, 0.15) is 0 Å². The highest BCUT2D eigenvalue weighted by Crippen LogP contribution is 2.14. The zero-order chi connectivity index (χ0) is 8.36. The monoisotopic (exact) mass is 145 g/mol. The van der Waals surface area contributed by atoms with Gasteiger partial charge in [-0.1, -0.05) is 13.8 Å². The molecule has 0 radical (unpaired) electrons. The van der Waals surface area contributed by atoms with E-state index in [9.17, 15) is 5.21 Å². The molecule has 0 aliphatic carbocycles. The van der Waals surface area contributed by atoms with E-state index in [1.165, 1.54) is 0 Å². The Morgan fingerprint density at radius 1 is 1.50 bits per heavy atom. The van der Waals surface area contributed by atoms with Gasteiger partial charge in [0.05, 0.1) is 12.6 Å². The lowest BCUT2D eigenvalue weighted by atomic mass is 9.87. The summed E-state index contributed by atoms with van der Waals surface area (Å²) in [5.41, 5.74) is -0.130. The molecule has 0 aromatic carbocycles. The fourth-order valence-electron chi connectivity index (χ4n) is 0.857. The lowest BCUT2D eigenvalue weighted by Gasteiger charge is -2.39. The van der Waals surface area contributed by atoms with Gasteiger partial charge in [0.25, 0.3) is 0 Å². The van der Waals surface area contributed by atoms with Crippen LogP contribution >= 0.6 is 0 Å². The molecule has 2 atom stereocenters. The fraction of sp³-hybridized carbons (Fsp3) is 1.00. The van der Waals surface area contributed by atoms with Gasteiger partial charge < -0.3 is 10.3 Å². The van der Waals surface area contributed by atoms with Crippen LogP contribution in [-0.4, -0.2) is 12.6 Å². The average molecular weight is 145 g/mol. The van der Waals surface area contributed by atoms with Gasteiger partial charge in [-0.15, -0.1) is 0 Å². The summed E-state index contributed by atoms with van der Waals surface area (Å²) in [6.45, 7) is 8.28. The van der Waals surface area contributed by atoms with Crippen LogP contribution < -0.4 is 5.06 Å². The van der Waals surface area contributed by atoms with E-state index in [2.05, 4.69) is 13.8 Å². The predicted octanol–water partition coefficient (Wildman–Crippen LogP) is 0.824. The Morgan fingerprint density at radius 2 is 1.90 bits per heavy atom. The molecule has 0 amide bonds. The Bertz CT molecular complexity index is 99.4. The van der Waals surface area contributed by atoms with Crippen LogP contribution in [0.3, 0.4) is 0 Å².